The van der Waals surface area contributed by atoms with E-state index in [0.717, 1.165) is 25.1 Å². The molecule has 0 radical (unpaired) electrons. The van der Waals surface area contributed by atoms with Crippen molar-refractivity contribution in [3.8, 4) is 0 Å². The lowest BCUT2D eigenvalue weighted by Gasteiger charge is -2.17. The second kappa shape index (κ2) is 5.06. The molecule has 1 aliphatic carbocycles. The molecular weight excluding hydrogens is 277 g/mol. The Balaban J connectivity index is 1.66. The van der Waals surface area contributed by atoms with Crippen molar-refractivity contribution < 1.29 is 13.2 Å². The summed E-state index contributed by atoms with van der Waals surface area (Å²) in [6.45, 7) is 0.690. The maximum absolute atomic E-state index is 12.5. The van der Waals surface area contributed by atoms with Gasteiger partial charge in [-0.25, -0.2) is 4.98 Å². The normalized spacial score (nSPS) is 16.5. The van der Waals surface area contributed by atoms with Gasteiger partial charge in [0, 0.05) is 18.2 Å². The average Bonchev–Trinajstić information content (AvgIpc) is 3.27. The molecule has 21 heavy (non-hydrogen) atoms. The molecule has 1 fully saturated rings. The van der Waals surface area contributed by atoms with Gasteiger partial charge < -0.3 is 5.32 Å². The number of rotatable bonds is 4. The zero-order chi connectivity index (χ0) is 14.9. The number of benzene rings is 1. The molecule has 1 aliphatic rings. The molecule has 110 valence electrons. The topological polar surface area (TPSA) is 24.9 Å². The molecule has 0 bridgehead atoms. The van der Waals surface area contributed by atoms with Crippen LogP contribution in [0.1, 0.15) is 24.0 Å². The monoisotopic (exact) mass is 292 g/mol. The molecule has 0 spiro atoms. The van der Waals surface area contributed by atoms with Crippen molar-refractivity contribution in [2.24, 2.45) is 0 Å². The summed E-state index contributed by atoms with van der Waals surface area (Å²) < 4.78 is 37.4. The zero-order valence-electron chi connectivity index (χ0n) is 11.3. The minimum absolute atomic E-state index is 0.103. The number of halogens is 3. The molecule has 1 heterocycles. The van der Waals surface area contributed by atoms with Gasteiger partial charge in [-0.2, -0.15) is 13.2 Å². The first-order valence-corrected chi connectivity index (χ1v) is 6.82. The lowest BCUT2D eigenvalue weighted by Crippen LogP contribution is -2.20. The van der Waals surface area contributed by atoms with E-state index >= 15 is 0 Å². The van der Waals surface area contributed by atoms with E-state index in [1.165, 1.54) is 11.6 Å². The van der Waals surface area contributed by atoms with Gasteiger partial charge in [-0.1, -0.05) is 30.3 Å². The van der Waals surface area contributed by atoms with E-state index < -0.39 is 11.7 Å². The molecule has 0 amide bonds. The Morgan fingerprint density at radius 2 is 1.76 bits per heavy atom. The van der Waals surface area contributed by atoms with E-state index in [1.807, 2.05) is 18.2 Å². The maximum atomic E-state index is 12.5. The van der Waals surface area contributed by atoms with Crippen LogP contribution in [0.4, 0.5) is 19.0 Å². The van der Waals surface area contributed by atoms with Crippen LogP contribution in [-0.4, -0.2) is 11.5 Å². The van der Waals surface area contributed by atoms with Gasteiger partial charge in [0.2, 0.25) is 0 Å². The molecule has 0 saturated heterocycles. The third-order valence-electron chi connectivity index (χ3n) is 3.94. The molecule has 0 atom stereocenters. The van der Waals surface area contributed by atoms with Gasteiger partial charge in [0.25, 0.3) is 0 Å². The Kier molecular flexibility index (Phi) is 3.35. The van der Waals surface area contributed by atoms with Crippen molar-refractivity contribution in [3.63, 3.8) is 0 Å². The van der Waals surface area contributed by atoms with Crippen LogP contribution in [0.2, 0.25) is 0 Å². The number of hydrogen-bond acceptors (Lipinski definition) is 2. The second-order valence-electron chi connectivity index (χ2n) is 5.43. The summed E-state index contributed by atoms with van der Waals surface area (Å²) in [5, 5.41) is 3.15. The predicted octanol–water partition coefficient (Wildman–Crippen LogP) is 4.24. The number of alkyl halides is 3. The van der Waals surface area contributed by atoms with Gasteiger partial charge in [0.05, 0.1) is 5.56 Å². The number of aromatic nitrogens is 1. The van der Waals surface area contributed by atoms with Crippen LogP contribution in [0, 0.1) is 0 Å². The lowest BCUT2D eigenvalue weighted by molar-refractivity contribution is -0.137. The molecule has 1 aromatic heterocycles. The van der Waals surface area contributed by atoms with Crippen LogP contribution in [0.3, 0.4) is 0 Å². The second-order valence-corrected chi connectivity index (χ2v) is 5.43. The molecular formula is C16H15F3N2. The Labute approximate surface area is 121 Å². The highest BCUT2D eigenvalue weighted by molar-refractivity contribution is 5.40. The molecule has 3 rings (SSSR count). The summed E-state index contributed by atoms with van der Waals surface area (Å²) in [6.07, 6.45) is -1.30. The van der Waals surface area contributed by atoms with Gasteiger partial charge in [0.1, 0.15) is 5.82 Å². The quantitative estimate of drug-likeness (QED) is 0.911. The number of hydrogen-bond donors (Lipinski definition) is 1. The first kappa shape index (κ1) is 13.9. The molecule has 1 saturated carbocycles. The Morgan fingerprint density at radius 1 is 1.05 bits per heavy atom. The van der Waals surface area contributed by atoms with Gasteiger partial charge in [-0.3, -0.25) is 0 Å². The van der Waals surface area contributed by atoms with Crippen LogP contribution < -0.4 is 5.32 Å². The van der Waals surface area contributed by atoms with Crippen molar-refractivity contribution >= 4 is 5.82 Å². The fourth-order valence-corrected chi connectivity index (χ4v) is 2.44. The molecule has 1 N–H and O–H groups in total. The number of pyridine rings is 1. The number of anilines is 1. The first-order chi connectivity index (χ1) is 10.00. The standard InChI is InChI=1S/C16H15F3N2/c17-16(18,19)13-6-7-14(20-10-13)21-11-15(8-9-15)12-4-2-1-3-5-12/h1-7,10H,8-9,11H2,(H,20,21). The average molecular weight is 292 g/mol. The Hall–Kier alpha value is -2.04. The lowest BCUT2D eigenvalue weighted by atomic mass is 9.96. The summed E-state index contributed by atoms with van der Waals surface area (Å²) in [4.78, 5) is 3.84. The molecule has 1 aromatic carbocycles. The van der Waals surface area contributed by atoms with E-state index in [4.69, 9.17) is 0 Å². The fraction of sp³-hybridized carbons (Fsp3) is 0.312. The van der Waals surface area contributed by atoms with E-state index in [1.54, 1.807) is 0 Å². The van der Waals surface area contributed by atoms with E-state index in [-0.39, 0.29) is 5.41 Å². The van der Waals surface area contributed by atoms with Gasteiger partial charge in [0.15, 0.2) is 0 Å². The summed E-state index contributed by atoms with van der Waals surface area (Å²) >= 11 is 0. The van der Waals surface area contributed by atoms with Crippen LogP contribution >= 0.6 is 0 Å². The maximum Gasteiger partial charge on any atom is 0.417 e. The highest BCUT2D eigenvalue weighted by atomic mass is 19.4. The molecule has 0 aliphatic heterocycles. The third-order valence-corrected chi connectivity index (χ3v) is 3.94. The summed E-state index contributed by atoms with van der Waals surface area (Å²) in [7, 11) is 0. The molecule has 5 heteroatoms. The third kappa shape index (κ3) is 3.01. The number of nitrogens with zero attached hydrogens (tertiary/aromatic N) is 1. The van der Waals surface area contributed by atoms with Crippen LogP contribution in [0.15, 0.2) is 48.7 Å². The summed E-state index contributed by atoms with van der Waals surface area (Å²) in [6, 6.07) is 12.6. The first-order valence-electron chi connectivity index (χ1n) is 6.82. The van der Waals surface area contributed by atoms with Crippen molar-refractivity contribution in [3.05, 3.63) is 59.8 Å². The van der Waals surface area contributed by atoms with E-state index in [0.29, 0.717) is 12.4 Å². The number of nitrogens with one attached hydrogen (secondary N) is 1. The summed E-state index contributed by atoms with van der Waals surface area (Å²) in [5.41, 5.74) is 0.646. The van der Waals surface area contributed by atoms with Crippen LogP contribution in [0.5, 0.6) is 0 Å². The van der Waals surface area contributed by atoms with Crippen molar-refractivity contribution in [2.45, 2.75) is 24.4 Å². The largest absolute Gasteiger partial charge is 0.417 e. The summed E-state index contributed by atoms with van der Waals surface area (Å²) in [5.74, 6) is 0.477. The van der Waals surface area contributed by atoms with Gasteiger partial charge in [-0.05, 0) is 30.5 Å². The van der Waals surface area contributed by atoms with Gasteiger partial charge >= 0.3 is 6.18 Å². The van der Waals surface area contributed by atoms with Crippen molar-refractivity contribution in [1.82, 2.24) is 4.98 Å². The minimum atomic E-state index is -4.34. The zero-order valence-corrected chi connectivity index (χ0v) is 11.3. The Bertz CT molecular complexity index is 602. The van der Waals surface area contributed by atoms with E-state index in [2.05, 4.69) is 22.4 Å². The highest BCUT2D eigenvalue weighted by Crippen LogP contribution is 2.48. The predicted molar refractivity (Wildman–Crippen MR) is 75.1 cm³/mol. The minimum Gasteiger partial charge on any atom is -0.369 e. The van der Waals surface area contributed by atoms with Crippen LogP contribution in [0.25, 0.3) is 0 Å². The molecule has 0 unspecified atom stereocenters. The van der Waals surface area contributed by atoms with Crippen molar-refractivity contribution in [2.75, 3.05) is 11.9 Å². The SMILES string of the molecule is FC(F)(F)c1ccc(NCC2(c3ccccc3)CC2)nc1. The van der Waals surface area contributed by atoms with Crippen molar-refractivity contribution in [1.29, 1.82) is 0 Å². The Morgan fingerprint density at radius 3 is 2.29 bits per heavy atom. The molecule has 2 nitrogen and oxygen atoms in total. The molecule has 2 aromatic rings. The van der Waals surface area contributed by atoms with Gasteiger partial charge in [-0.15, -0.1) is 0 Å². The van der Waals surface area contributed by atoms with Crippen LogP contribution in [-0.2, 0) is 11.6 Å². The fourth-order valence-electron chi connectivity index (χ4n) is 2.44. The van der Waals surface area contributed by atoms with E-state index in [9.17, 15) is 13.2 Å². The highest BCUT2D eigenvalue weighted by Gasteiger charge is 2.43. The smallest absolute Gasteiger partial charge is 0.369 e.